The van der Waals surface area contributed by atoms with Gasteiger partial charge in [-0.1, -0.05) is 6.07 Å². The maximum Gasteiger partial charge on any atom is 0.173 e. The second-order valence-electron chi connectivity index (χ2n) is 4.51. The Balaban J connectivity index is 2.87. The summed E-state index contributed by atoms with van der Waals surface area (Å²) in [6.45, 7) is 8.37. The molecule has 16 heavy (non-hydrogen) atoms. The van der Waals surface area contributed by atoms with Crippen LogP contribution in [0.3, 0.4) is 0 Å². The summed E-state index contributed by atoms with van der Waals surface area (Å²) in [5.41, 5.74) is 3.65. The van der Waals surface area contributed by atoms with Crippen LogP contribution < -0.4 is 10.2 Å². The normalized spacial score (nSPS) is 10.4. The number of nitrogens with one attached hydrogen (secondary N) is 1. The van der Waals surface area contributed by atoms with E-state index < -0.39 is 0 Å². The van der Waals surface area contributed by atoms with E-state index in [2.05, 4.69) is 51.2 Å². The lowest BCUT2D eigenvalue weighted by atomic mass is 10.1. The summed E-state index contributed by atoms with van der Waals surface area (Å²) in [6, 6.07) is 6.81. The van der Waals surface area contributed by atoms with Crippen molar-refractivity contribution in [3.63, 3.8) is 0 Å². The fourth-order valence-electron chi connectivity index (χ4n) is 1.61. The van der Waals surface area contributed by atoms with Crippen molar-refractivity contribution in [3.05, 3.63) is 29.3 Å². The fraction of sp³-hybridized carbons (Fsp3) is 0.462. The zero-order valence-corrected chi connectivity index (χ0v) is 11.5. The van der Waals surface area contributed by atoms with Gasteiger partial charge in [-0.3, -0.25) is 0 Å². The van der Waals surface area contributed by atoms with Crippen molar-refractivity contribution in [3.8, 4) is 0 Å². The Morgan fingerprint density at radius 1 is 1.19 bits per heavy atom. The summed E-state index contributed by atoms with van der Waals surface area (Å²) < 4.78 is 0. The maximum absolute atomic E-state index is 5.34. The van der Waals surface area contributed by atoms with Gasteiger partial charge in [-0.15, -0.1) is 0 Å². The van der Waals surface area contributed by atoms with Gasteiger partial charge in [-0.05, 0) is 63.2 Å². The Morgan fingerprint density at radius 2 is 1.69 bits per heavy atom. The molecule has 3 heteroatoms. The molecule has 1 aromatic rings. The molecule has 88 valence electrons. The minimum Gasteiger partial charge on any atom is -0.360 e. The van der Waals surface area contributed by atoms with Crippen molar-refractivity contribution in [1.29, 1.82) is 0 Å². The van der Waals surface area contributed by atoms with Crippen molar-refractivity contribution < 1.29 is 0 Å². The molecule has 0 unspecified atom stereocenters. The van der Waals surface area contributed by atoms with Crippen molar-refractivity contribution in [2.24, 2.45) is 0 Å². The topological polar surface area (TPSA) is 15.3 Å². The maximum atomic E-state index is 5.34. The molecule has 0 radical (unpaired) electrons. The predicted molar refractivity (Wildman–Crippen MR) is 75.2 cm³/mol. The van der Waals surface area contributed by atoms with E-state index >= 15 is 0 Å². The SMILES string of the molecule is Cc1cc(C)cc(N(C)C(=S)NC(C)C)c1. The Hall–Kier alpha value is -1.09. The lowest BCUT2D eigenvalue weighted by Gasteiger charge is -2.23. The number of nitrogens with zero attached hydrogens (tertiary/aromatic N) is 1. The number of anilines is 1. The summed E-state index contributed by atoms with van der Waals surface area (Å²) in [7, 11) is 1.99. The molecular formula is C13H20N2S. The molecule has 0 atom stereocenters. The summed E-state index contributed by atoms with van der Waals surface area (Å²) in [5, 5.41) is 4.00. The zero-order chi connectivity index (χ0) is 12.3. The number of thiocarbonyl (C=S) groups is 1. The van der Waals surface area contributed by atoms with Gasteiger partial charge in [0.2, 0.25) is 0 Å². The van der Waals surface area contributed by atoms with Gasteiger partial charge in [0, 0.05) is 18.8 Å². The molecule has 0 aromatic heterocycles. The molecule has 0 aliphatic carbocycles. The molecule has 0 amide bonds. The molecule has 0 fully saturated rings. The van der Waals surface area contributed by atoms with Crippen LogP contribution >= 0.6 is 12.2 Å². The van der Waals surface area contributed by atoms with Crippen molar-refractivity contribution >= 4 is 23.0 Å². The van der Waals surface area contributed by atoms with E-state index in [1.54, 1.807) is 0 Å². The van der Waals surface area contributed by atoms with Gasteiger partial charge in [0.25, 0.3) is 0 Å². The van der Waals surface area contributed by atoms with Crippen LogP contribution in [-0.4, -0.2) is 18.2 Å². The molecule has 1 rings (SSSR count). The third-order valence-corrected chi connectivity index (χ3v) is 2.70. The van der Waals surface area contributed by atoms with Crippen LogP contribution in [0.4, 0.5) is 5.69 Å². The van der Waals surface area contributed by atoms with Gasteiger partial charge < -0.3 is 10.2 Å². The van der Waals surface area contributed by atoms with E-state index in [0.29, 0.717) is 6.04 Å². The highest BCUT2D eigenvalue weighted by molar-refractivity contribution is 7.80. The molecule has 0 aliphatic heterocycles. The first-order chi connectivity index (χ1) is 7.40. The number of aryl methyl sites for hydroxylation is 2. The molecule has 2 nitrogen and oxygen atoms in total. The second kappa shape index (κ2) is 5.30. The monoisotopic (exact) mass is 236 g/mol. The summed E-state index contributed by atoms with van der Waals surface area (Å²) in [6.07, 6.45) is 0. The smallest absolute Gasteiger partial charge is 0.173 e. The molecule has 0 bridgehead atoms. The van der Waals surface area contributed by atoms with Gasteiger partial charge in [0.1, 0.15) is 0 Å². The van der Waals surface area contributed by atoms with E-state index in [-0.39, 0.29) is 0 Å². The minimum absolute atomic E-state index is 0.362. The number of hydrogen-bond donors (Lipinski definition) is 1. The standard InChI is InChI=1S/C13H20N2S/c1-9(2)14-13(16)15(5)12-7-10(3)6-11(4)8-12/h6-9H,1-5H3,(H,14,16). The van der Waals surface area contributed by atoms with Crippen LogP contribution in [0, 0.1) is 13.8 Å². The van der Waals surface area contributed by atoms with Gasteiger partial charge in [-0.25, -0.2) is 0 Å². The van der Waals surface area contributed by atoms with Crippen LogP contribution in [0.5, 0.6) is 0 Å². The van der Waals surface area contributed by atoms with Gasteiger partial charge in [-0.2, -0.15) is 0 Å². The highest BCUT2D eigenvalue weighted by atomic mass is 32.1. The van der Waals surface area contributed by atoms with Gasteiger partial charge in [0.05, 0.1) is 0 Å². The predicted octanol–water partition coefficient (Wildman–Crippen LogP) is 3.02. The average Bonchev–Trinajstić information content (AvgIpc) is 2.13. The van der Waals surface area contributed by atoms with E-state index in [4.69, 9.17) is 12.2 Å². The molecule has 1 N–H and O–H groups in total. The van der Waals surface area contributed by atoms with E-state index in [0.717, 1.165) is 10.8 Å². The Morgan fingerprint density at radius 3 is 2.12 bits per heavy atom. The molecule has 0 saturated carbocycles. The highest BCUT2D eigenvalue weighted by Gasteiger charge is 2.08. The van der Waals surface area contributed by atoms with Crippen LogP contribution in [0.2, 0.25) is 0 Å². The summed E-state index contributed by atoms with van der Waals surface area (Å²) >= 11 is 5.34. The van der Waals surface area contributed by atoms with Crippen LogP contribution in [-0.2, 0) is 0 Å². The Labute approximate surface area is 104 Å². The van der Waals surface area contributed by atoms with E-state index in [1.807, 2.05) is 11.9 Å². The van der Waals surface area contributed by atoms with Gasteiger partial charge >= 0.3 is 0 Å². The van der Waals surface area contributed by atoms with Crippen molar-refractivity contribution in [1.82, 2.24) is 5.32 Å². The first-order valence-electron chi connectivity index (χ1n) is 5.52. The molecule has 0 aliphatic rings. The molecule has 0 saturated heterocycles. The van der Waals surface area contributed by atoms with Crippen LogP contribution in [0.25, 0.3) is 0 Å². The van der Waals surface area contributed by atoms with E-state index in [9.17, 15) is 0 Å². The largest absolute Gasteiger partial charge is 0.360 e. The number of rotatable bonds is 2. The van der Waals surface area contributed by atoms with Crippen molar-refractivity contribution in [2.45, 2.75) is 33.7 Å². The zero-order valence-electron chi connectivity index (χ0n) is 10.7. The summed E-state index contributed by atoms with van der Waals surface area (Å²) in [4.78, 5) is 2.01. The number of benzene rings is 1. The average molecular weight is 236 g/mol. The van der Waals surface area contributed by atoms with E-state index in [1.165, 1.54) is 11.1 Å². The second-order valence-corrected chi connectivity index (χ2v) is 4.90. The first kappa shape index (κ1) is 13.0. The third kappa shape index (κ3) is 3.49. The lowest BCUT2D eigenvalue weighted by Crippen LogP contribution is -2.40. The summed E-state index contributed by atoms with van der Waals surface area (Å²) in [5.74, 6) is 0. The van der Waals surface area contributed by atoms with Crippen LogP contribution in [0.1, 0.15) is 25.0 Å². The minimum atomic E-state index is 0.362. The van der Waals surface area contributed by atoms with Gasteiger partial charge in [0.15, 0.2) is 5.11 Å². The van der Waals surface area contributed by atoms with Crippen molar-refractivity contribution in [2.75, 3.05) is 11.9 Å². The third-order valence-electron chi connectivity index (χ3n) is 2.31. The fourth-order valence-corrected chi connectivity index (χ4v) is 1.95. The molecule has 0 spiro atoms. The Kier molecular flexibility index (Phi) is 4.30. The van der Waals surface area contributed by atoms with Crippen LogP contribution in [0.15, 0.2) is 18.2 Å². The number of hydrogen-bond acceptors (Lipinski definition) is 1. The molecule has 1 aromatic carbocycles. The highest BCUT2D eigenvalue weighted by Crippen LogP contribution is 2.17. The molecule has 0 heterocycles. The first-order valence-corrected chi connectivity index (χ1v) is 5.93. The Bertz CT molecular complexity index is 365. The molecular weight excluding hydrogens is 216 g/mol. The quantitative estimate of drug-likeness (QED) is 0.795. The lowest BCUT2D eigenvalue weighted by molar-refractivity contribution is 0.732.